The van der Waals surface area contributed by atoms with E-state index in [1.807, 2.05) is 36.4 Å². The van der Waals surface area contributed by atoms with Crippen LogP contribution in [-0.2, 0) is 11.3 Å². The fourth-order valence-electron chi connectivity index (χ4n) is 3.26. The molecule has 150 valence electrons. The largest absolute Gasteiger partial charge is 0.393 e. The molecule has 7 heteroatoms. The molecule has 1 aliphatic heterocycles. The van der Waals surface area contributed by atoms with Crippen LogP contribution in [0.15, 0.2) is 54.6 Å². The number of hydrogen-bond donors (Lipinski definition) is 3. The number of piperidine rings is 1. The summed E-state index contributed by atoms with van der Waals surface area (Å²) >= 11 is 0. The fourth-order valence-corrected chi connectivity index (χ4v) is 3.26. The van der Waals surface area contributed by atoms with Crippen molar-refractivity contribution >= 4 is 24.2 Å². The summed E-state index contributed by atoms with van der Waals surface area (Å²) in [5.74, 6) is -0.471. The molecule has 0 saturated carbocycles. The maximum absolute atomic E-state index is 13.1. The fraction of sp³-hybridized carbons (Fsp3) is 0.333. The van der Waals surface area contributed by atoms with Crippen LogP contribution in [-0.4, -0.2) is 41.0 Å². The van der Waals surface area contributed by atoms with Gasteiger partial charge >= 0.3 is 0 Å². The van der Waals surface area contributed by atoms with E-state index in [2.05, 4.69) is 5.32 Å². The van der Waals surface area contributed by atoms with Crippen LogP contribution in [0.5, 0.6) is 0 Å². The molecule has 4 N–H and O–H groups in total. The van der Waals surface area contributed by atoms with Gasteiger partial charge in [-0.25, -0.2) is 0 Å². The highest BCUT2D eigenvalue weighted by atomic mass is 35.5. The molecule has 3 rings (SSSR count). The Labute approximate surface area is 171 Å². The van der Waals surface area contributed by atoms with Gasteiger partial charge < -0.3 is 21.1 Å². The van der Waals surface area contributed by atoms with E-state index in [0.29, 0.717) is 38.0 Å². The second-order valence-electron chi connectivity index (χ2n) is 6.78. The van der Waals surface area contributed by atoms with Gasteiger partial charge in [0, 0.05) is 25.2 Å². The monoisotopic (exact) mass is 403 g/mol. The molecule has 1 heterocycles. The summed E-state index contributed by atoms with van der Waals surface area (Å²) in [7, 11) is 0. The Morgan fingerprint density at radius 3 is 2.43 bits per heavy atom. The first kappa shape index (κ1) is 21.9. The van der Waals surface area contributed by atoms with Gasteiger partial charge in [0.25, 0.3) is 5.91 Å². The van der Waals surface area contributed by atoms with Gasteiger partial charge in [-0.3, -0.25) is 9.59 Å². The summed E-state index contributed by atoms with van der Waals surface area (Å²) in [5.41, 5.74) is 7.72. The number of aliphatic hydroxyl groups is 1. The summed E-state index contributed by atoms with van der Waals surface area (Å²) in [6, 6.07) is 15.5. The second-order valence-corrected chi connectivity index (χ2v) is 6.78. The molecule has 2 amide bonds. The normalized spacial score (nSPS) is 15.4. The van der Waals surface area contributed by atoms with Crippen molar-refractivity contribution in [3.8, 4) is 0 Å². The van der Waals surface area contributed by atoms with Crippen LogP contribution in [0.2, 0.25) is 0 Å². The minimum absolute atomic E-state index is 0. The van der Waals surface area contributed by atoms with Crippen molar-refractivity contribution < 1.29 is 14.7 Å². The molecule has 0 aromatic heterocycles. The van der Waals surface area contributed by atoms with Crippen molar-refractivity contribution in [2.75, 3.05) is 13.1 Å². The third-order valence-corrected chi connectivity index (χ3v) is 4.86. The van der Waals surface area contributed by atoms with Gasteiger partial charge in [-0.05, 0) is 36.1 Å². The Balaban J connectivity index is 0.00000280. The minimum Gasteiger partial charge on any atom is -0.393 e. The van der Waals surface area contributed by atoms with Crippen molar-refractivity contribution in [3.63, 3.8) is 0 Å². The highest BCUT2D eigenvalue weighted by Crippen LogP contribution is 2.20. The quantitative estimate of drug-likeness (QED) is 0.711. The van der Waals surface area contributed by atoms with Crippen LogP contribution in [0.4, 0.5) is 0 Å². The van der Waals surface area contributed by atoms with Crippen LogP contribution in [0, 0.1) is 0 Å². The van der Waals surface area contributed by atoms with E-state index in [1.54, 1.807) is 23.1 Å². The predicted molar refractivity (Wildman–Crippen MR) is 110 cm³/mol. The number of carbonyl (C=O) groups is 2. The average molecular weight is 404 g/mol. The summed E-state index contributed by atoms with van der Waals surface area (Å²) in [6.45, 7) is 1.32. The lowest BCUT2D eigenvalue weighted by Crippen LogP contribution is -2.46. The number of halogens is 1. The number of benzene rings is 2. The van der Waals surface area contributed by atoms with E-state index < -0.39 is 6.04 Å². The molecular weight excluding hydrogens is 378 g/mol. The number of hydrogen-bond acceptors (Lipinski definition) is 4. The summed E-state index contributed by atoms with van der Waals surface area (Å²) in [5, 5.41) is 12.6. The lowest BCUT2D eigenvalue weighted by Gasteiger charge is -2.33. The molecular formula is C21H26ClN3O3. The van der Waals surface area contributed by atoms with Crippen molar-refractivity contribution in [2.45, 2.75) is 31.5 Å². The number of amides is 2. The average Bonchev–Trinajstić information content (AvgIpc) is 2.72. The molecule has 0 unspecified atom stereocenters. The number of aliphatic hydroxyl groups excluding tert-OH is 1. The first-order valence-electron chi connectivity index (χ1n) is 9.20. The van der Waals surface area contributed by atoms with Gasteiger partial charge in [0.1, 0.15) is 6.04 Å². The summed E-state index contributed by atoms with van der Waals surface area (Å²) in [4.78, 5) is 27.6. The molecule has 2 aromatic carbocycles. The Kier molecular flexibility index (Phi) is 7.99. The van der Waals surface area contributed by atoms with Gasteiger partial charge in [0.2, 0.25) is 5.91 Å². The molecule has 1 saturated heterocycles. The Hall–Kier alpha value is -2.41. The number of carbonyl (C=O) groups excluding carboxylic acids is 2. The SMILES string of the molecule is Cl.NCc1cccc(C(=O)N[C@@H](C(=O)N2CCC(O)CC2)c2ccccc2)c1. The third kappa shape index (κ3) is 5.32. The maximum atomic E-state index is 13.1. The second kappa shape index (κ2) is 10.2. The zero-order valence-electron chi connectivity index (χ0n) is 15.6. The van der Waals surface area contributed by atoms with Gasteiger partial charge in [0.15, 0.2) is 0 Å². The first-order chi connectivity index (χ1) is 13.1. The van der Waals surface area contributed by atoms with E-state index in [1.165, 1.54) is 0 Å². The molecule has 0 bridgehead atoms. The van der Waals surface area contributed by atoms with Crippen LogP contribution in [0.25, 0.3) is 0 Å². The zero-order chi connectivity index (χ0) is 19.2. The van der Waals surface area contributed by atoms with Crippen LogP contribution in [0.1, 0.15) is 40.4 Å². The molecule has 6 nitrogen and oxygen atoms in total. The van der Waals surface area contributed by atoms with Gasteiger partial charge in [-0.2, -0.15) is 0 Å². The maximum Gasteiger partial charge on any atom is 0.252 e. The highest BCUT2D eigenvalue weighted by molar-refractivity contribution is 5.98. The smallest absolute Gasteiger partial charge is 0.252 e. The number of nitrogens with two attached hydrogens (primary N) is 1. The van der Waals surface area contributed by atoms with Crippen molar-refractivity contribution in [1.29, 1.82) is 0 Å². The van der Waals surface area contributed by atoms with E-state index in [0.717, 1.165) is 11.1 Å². The lowest BCUT2D eigenvalue weighted by molar-refractivity contribution is -0.135. The summed E-state index contributed by atoms with van der Waals surface area (Å²) < 4.78 is 0. The Bertz CT molecular complexity index is 792. The summed E-state index contributed by atoms with van der Waals surface area (Å²) in [6.07, 6.45) is 0.747. The number of likely N-dealkylation sites (tertiary alicyclic amines) is 1. The molecule has 1 aliphatic rings. The Morgan fingerprint density at radius 1 is 1.11 bits per heavy atom. The van der Waals surface area contributed by atoms with Crippen molar-refractivity contribution in [3.05, 3.63) is 71.3 Å². The van der Waals surface area contributed by atoms with Crippen molar-refractivity contribution in [2.24, 2.45) is 5.73 Å². The van der Waals surface area contributed by atoms with E-state index >= 15 is 0 Å². The Morgan fingerprint density at radius 2 is 1.79 bits per heavy atom. The first-order valence-corrected chi connectivity index (χ1v) is 9.20. The highest BCUT2D eigenvalue weighted by Gasteiger charge is 2.30. The van der Waals surface area contributed by atoms with Crippen LogP contribution >= 0.6 is 12.4 Å². The number of rotatable bonds is 5. The van der Waals surface area contributed by atoms with Gasteiger partial charge in [-0.1, -0.05) is 42.5 Å². The zero-order valence-corrected chi connectivity index (χ0v) is 16.4. The van der Waals surface area contributed by atoms with Crippen LogP contribution in [0.3, 0.4) is 0 Å². The van der Waals surface area contributed by atoms with E-state index in [4.69, 9.17) is 5.73 Å². The number of nitrogens with one attached hydrogen (secondary N) is 1. The third-order valence-electron chi connectivity index (χ3n) is 4.86. The van der Waals surface area contributed by atoms with Crippen molar-refractivity contribution in [1.82, 2.24) is 10.2 Å². The van der Waals surface area contributed by atoms with Gasteiger partial charge in [0.05, 0.1) is 6.10 Å². The van der Waals surface area contributed by atoms with E-state index in [9.17, 15) is 14.7 Å². The lowest BCUT2D eigenvalue weighted by atomic mass is 10.0. The molecule has 2 aromatic rings. The molecule has 0 aliphatic carbocycles. The molecule has 1 fully saturated rings. The van der Waals surface area contributed by atoms with E-state index in [-0.39, 0.29) is 30.3 Å². The molecule has 0 radical (unpaired) electrons. The van der Waals surface area contributed by atoms with Crippen LogP contribution < -0.4 is 11.1 Å². The molecule has 1 atom stereocenters. The standard InChI is InChI=1S/C21H25N3O3.ClH/c22-14-15-5-4-8-17(13-15)20(26)23-19(16-6-2-1-3-7-16)21(27)24-11-9-18(25)10-12-24;/h1-8,13,18-19,25H,9-12,14,22H2,(H,23,26);1H/t19-;/m1./s1. The number of nitrogens with zero attached hydrogens (tertiary/aromatic N) is 1. The predicted octanol–water partition coefficient (Wildman–Crippen LogP) is 2.02. The topological polar surface area (TPSA) is 95.7 Å². The molecule has 28 heavy (non-hydrogen) atoms. The van der Waals surface area contributed by atoms with Gasteiger partial charge in [-0.15, -0.1) is 12.4 Å². The minimum atomic E-state index is -0.768. The molecule has 0 spiro atoms.